The van der Waals surface area contributed by atoms with E-state index in [0.717, 1.165) is 30.3 Å². The van der Waals surface area contributed by atoms with Crippen molar-refractivity contribution in [2.45, 2.75) is 6.54 Å². The molecule has 0 aliphatic rings. The van der Waals surface area contributed by atoms with Crippen molar-refractivity contribution in [3.63, 3.8) is 0 Å². The van der Waals surface area contributed by atoms with Gasteiger partial charge >= 0.3 is 0 Å². The highest BCUT2D eigenvalue weighted by Gasteiger charge is 2.03. The van der Waals surface area contributed by atoms with E-state index < -0.39 is 0 Å². The normalized spacial score (nSPS) is 10.9. The summed E-state index contributed by atoms with van der Waals surface area (Å²) >= 11 is 6.08. The molecule has 0 spiro atoms. The zero-order valence-corrected chi connectivity index (χ0v) is 12.1. The summed E-state index contributed by atoms with van der Waals surface area (Å²) < 4.78 is 1.82. The molecule has 19 heavy (non-hydrogen) atoms. The van der Waals surface area contributed by atoms with Gasteiger partial charge in [0.05, 0.1) is 16.9 Å². The van der Waals surface area contributed by atoms with Gasteiger partial charge in [-0.3, -0.25) is 4.68 Å². The molecule has 0 amide bonds. The van der Waals surface area contributed by atoms with Gasteiger partial charge in [0, 0.05) is 38.4 Å². The van der Waals surface area contributed by atoms with E-state index in [0.29, 0.717) is 0 Å². The molecule has 1 aromatic carbocycles. The fourth-order valence-corrected chi connectivity index (χ4v) is 2.13. The fourth-order valence-electron chi connectivity index (χ4n) is 1.93. The number of likely N-dealkylation sites (N-methyl/N-ethyl adjacent to an activating group) is 1. The number of aryl methyl sites for hydroxylation is 1. The maximum Gasteiger partial charge on any atom is 0.0637 e. The van der Waals surface area contributed by atoms with E-state index in [1.54, 1.807) is 0 Å². The largest absolute Gasteiger partial charge is 0.383 e. The van der Waals surface area contributed by atoms with Gasteiger partial charge in [0.2, 0.25) is 0 Å². The van der Waals surface area contributed by atoms with Crippen LogP contribution in [0.5, 0.6) is 0 Å². The molecule has 0 atom stereocenters. The van der Waals surface area contributed by atoms with Crippen LogP contribution >= 0.6 is 11.6 Å². The van der Waals surface area contributed by atoms with Gasteiger partial charge in [0.15, 0.2) is 0 Å². The molecule has 2 rings (SSSR count). The number of nitrogens with zero attached hydrogens (tertiary/aromatic N) is 3. The molecule has 0 saturated carbocycles. The van der Waals surface area contributed by atoms with Gasteiger partial charge in [-0.15, -0.1) is 0 Å². The quantitative estimate of drug-likeness (QED) is 0.882. The van der Waals surface area contributed by atoms with Gasteiger partial charge in [-0.05, 0) is 19.2 Å². The number of hydrogen-bond donors (Lipinski definition) is 1. The van der Waals surface area contributed by atoms with Crippen LogP contribution in [0.3, 0.4) is 0 Å². The van der Waals surface area contributed by atoms with Crippen LogP contribution < -0.4 is 5.32 Å². The summed E-state index contributed by atoms with van der Waals surface area (Å²) in [4.78, 5) is 2.25. The van der Waals surface area contributed by atoms with Gasteiger partial charge in [-0.2, -0.15) is 5.10 Å². The van der Waals surface area contributed by atoms with Gasteiger partial charge in [-0.25, -0.2) is 0 Å². The fraction of sp³-hybridized carbons (Fsp3) is 0.357. The predicted octanol–water partition coefficient (Wildman–Crippen LogP) is 2.62. The molecule has 0 radical (unpaired) electrons. The summed E-state index contributed by atoms with van der Waals surface area (Å²) in [6, 6.07) is 7.79. The lowest BCUT2D eigenvalue weighted by atomic mass is 10.3. The summed E-state index contributed by atoms with van der Waals surface area (Å²) in [6.07, 6.45) is 3.94. The third-order valence-electron chi connectivity index (χ3n) is 2.89. The van der Waals surface area contributed by atoms with E-state index in [1.807, 2.05) is 48.4 Å². The molecule has 0 bridgehead atoms. The van der Waals surface area contributed by atoms with Crippen molar-refractivity contribution in [3.05, 3.63) is 47.2 Å². The van der Waals surface area contributed by atoms with Crippen LogP contribution in [0, 0.1) is 0 Å². The van der Waals surface area contributed by atoms with Crippen molar-refractivity contribution in [3.8, 4) is 0 Å². The third kappa shape index (κ3) is 4.26. The van der Waals surface area contributed by atoms with Gasteiger partial charge in [0.1, 0.15) is 0 Å². The topological polar surface area (TPSA) is 33.1 Å². The Hall–Kier alpha value is -1.52. The Morgan fingerprint density at radius 2 is 2.16 bits per heavy atom. The minimum atomic E-state index is 0.761. The van der Waals surface area contributed by atoms with Crippen LogP contribution in [0.25, 0.3) is 0 Å². The first-order valence-electron chi connectivity index (χ1n) is 6.29. The predicted molar refractivity (Wildman–Crippen MR) is 79.5 cm³/mol. The van der Waals surface area contributed by atoms with Gasteiger partial charge in [0.25, 0.3) is 0 Å². The molecular weight excluding hydrogens is 260 g/mol. The molecule has 1 aromatic heterocycles. The Balaban J connectivity index is 1.75. The number of rotatable bonds is 6. The maximum atomic E-state index is 6.08. The Bertz CT molecular complexity index is 524. The lowest BCUT2D eigenvalue weighted by molar-refractivity contribution is 0.340. The lowest BCUT2D eigenvalue weighted by Crippen LogP contribution is -2.24. The summed E-state index contributed by atoms with van der Waals surface area (Å²) in [5.74, 6) is 0. The number of nitrogens with one attached hydrogen (secondary N) is 1. The second-order valence-corrected chi connectivity index (χ2v) is 5.07. The molecule has 0 aliphatic heterocycles. The first kappa shape index (κ1) is 13.9. The van der Waals surface area contributed by atoms with E-state index >= 15 is 0 Å². The number of anilines is 1. The molecule has 1 heterocycles. The SMILES string of the molecule is CN(CCNc1ccccc1Cl)Cc1cnn(C)c1. The molecule has 2 aromatic rings. The van der Waals surface area contributed by atoms with E-state index in [9.17, 15) is 0 Å². The summed E-state index contributed by atoms with van der Waals surface area (Å²) in [7, 11) is 4.03. The zero-order chi connectivity index (χ0) is 13.7. The van der Waals surface area contributed by atoms with E-state index in [1.165, 1.54) is 5.56 Å². The van der Waals surface area contributed by atoms with Crippen LogP contribution in [0.4, 0.5) is 5.69 Å². The minimum Gasteiger partial charge on any atom is -0.383 e. The standard InChI is InChI=1S/C14H19ClN4/c1-18(10-12-9-17-19(2)11-12)8-7-16-14-6-4-3-5-13(14)15/h3-6,9,11,16H,7-8,10H2,1-2H3. The summed E-state index contributed by atoms with van der Waals surface area (Å²) in [5, 5.41) is 8.27. The number of para-hydroxylation sites is 1. The average Bonchev–Trinajstić information content (AvgIpc) is 2.77. The van der Waals surface area contributed by atoms with Crippen molar-refractivity contribution >= 4 is 17.3 Å². The highest BCUT2D eigenvalue weighted by molar-refractivity contribution is 6.33. The second-order valence-electron chi connectivity index (χ2n) is 4.67. The Morgan fingerprint density at radius 1 is 1.37 bits per heavy atom. The number of benzene rings is 1. The minimum absolute atomic E-state index is 0.761. The van der Waals surface area contributed by atoms with Gasteiger partial charge in [-0.1, -0.05) is 23.7 Å². The number of aromatic nitrogens is 2. The highest BCUT2D eigenvalue weighted by atomic mass is 35.5. The summed E-state index contributed by atoms with van der Waals surface area (Å²) in [6.45, 7) is 2.71. The Morgan fingerprint density at radius 3 is 2.84 bits per heavy atom. The highest BCUT2D eigenvalue weighted by Crippen LogP contribution is 2.19. The molecule has 0 unspecified atom stereocenters. The first-order chi connectivity index (χ1) is 9.15. The van der Waals surface area contributed by atoms with E-state index in [2.05, 4.69) is 22.4 Å². The Kier molecular flexibility index (Phi) is 4.82. The van der Waals surface area contributed by atoms with Crippen molar-refractivity contribution in [2.24, 2.45) is 7.05 Å². The van der Waals surface area contributed by atoms with E-state index in [4.69, 9.17) is 11.6 Å². The van der Waals surface area contributed by atoms with Crippen molar-refractivity contribution < 1.29 is 0 Å². The van der Waals surface area contributed by atoms with Crippen molar-refractivity contribution in [2.75, 3.05) is 25.5 Å². The molecule has 1 N–H and O–H groups in total. The molecule has 102 valence electrons. The smallest absolute Gasteiger partial charge is 0.0637 e. The second kappa shape index (κ2) is 6.59. The van der Waals surface area contributed by atoms with Crippen LogP contribution in [-0.4, -0.2) is 34.8 Å². The lowest BCUT2D eigenvalue weighted by Gasteiger charge is -2.16. The molecular formula is C14H19ClN4. The Labute approximate surface area is 119 Å². The summed E-state index contributed by atoms with van der Waals surface area (Å²) in [5.41, 5.74) is 2.21. The van der Waals surface area contributed by atoms with Gasteiger partial charge < -0.3 is 10.2 Å². The molecule has 0 aliphatic carbocycles. The molecule has 4 nitrogen and oxygen atoms in total. The molecule has 0 fully saturated rings. The number of hydrogen-bond acceptors (Lipinski definition) is 3. The third-order valence-corrected chi connectivity index (χ3v) is 3.22. The maximum absolute atomic E-state index is 6.08. The van der Waals surface area contributed by atoms with Crippen molar-refractivity contribution in [1.29, 1.82) is 0 Å². The average molecular weight is 279 g/mol. The number of halogens is 1. The van der Waals surface area contributed by atoms with Crippen LogP contribution in [0.15, 0.2) is 36.7 Å². The first-order valence-corrected chi connectivity index (χ1v) is 6.67. The molecule has 5 heteroatoms. The zero-order valence-electron chi connectivity index (χ0n) is 11.3. The van der Waals surface area contributed by atoms with Crippen molar-refractivity contribution in [1.82, 2.24) is 14.7 Å². The van der Waals surface area contributed by atoms with Crippen LogP contribution in [-0.2, 0) is 13.6 Å². The monoisotopic (exact) mass is 278 g/mol. The van der Waals surface area contributed by atoms with E-state index in [-0.39, 0.29) is 0 Å². The van der Waals surface area contributed by atoms with Crippen LogP contribution in [0.1, 0.15) is 5.56 Å². The van der Waals surface area contributed by atoms with Crippen LogP contribution in [0.2, 0.25) is 5.02 Å². The molecule has 0 saturated heterocycles.